The van der Waals surface area contributed by atoms with Gasteiger partial charge in [0, 0.05) is 12.5 Å². The van der Waals surface area contributed by atoms with Crippen LogP contribution in [0, 0.1) is 6.92 Å². The number of hydrogen-bond acceptors (Lipinski definition) is 4. The summed E-state index contributed by atoms with van der Waals surface area (Å²) in [5, 5.41) is 6.39. The summed E-state index contributed by atoms with van der Waals surface area (Å²) in [6.45, 7) is 10.0. The highest BCUT2D eigenvalue weighted by molar-refractivity contribution is 5.79. The monoisotopic (exact) mass is 344 g/mol. The second-order valence-electron chi connectivity index (χ2n) is 6.88. The fourth-order valence-corrected chi connectivity index (χ4v) is 2.09. The molecule has 6 heteroatoms. The fraction of sp³-hybridized carbons (Fsp3) is 0.474. The van der Waals surface area contributed by atoms with E-state index in [-0.39, 0.29) is 5.41 Å². The van der Waals surface area contributed by atoms with Crippen LogP contribution in [0.2, 0.25) is 0 Å². The highest BCUT2D eigenvalue weighted by Crippen LogP contribution is 2.22. The first kappa shape index (κ1) is 18.8. The van der Waals surface area contributed by atoms with Gasteiger partial charge in [-0.2, -0.15) is 0 Å². The maximum absolute atomic E-state index is 5.76. The predicted octanol–water partition coefficient (Wildman–Crippen LogP) is 3.02. The van der Waals surface area contributed by atoms with Gasteiger partial charge in [0.15, 0.2) is 5.96 Å². The molecule has 0 aliphatic carbocycles. The molecule has 0 aliphatic rings. The van der Waals surface area contributed by atoms with Gasteiger partial charge in [-0.3, -0.25) is 4.99 Å². The van der Waals surface area contributed by atoms with Gasteiger partial charge >= 0.3 is 0 Å². The molecule has 6 nitrogen and oxygen atoms in total. The third-order valence-corrected chi connectivity index (χ3v) is 3.61. The SMILES string of the molecule is CN=C(NCCOc1ccc(C)cc1)NCc1ncc(C(C)(C)C)o1. The van der Waals surface area contributed by atoms with Crippen LogP contribution in [0.4, 0.5) is 0 Å². The summed E-state index contributed by atoms with van der Waals surface area (Å²) < 4.78 is 11.4. The molecule has 1 aromatic heterocycles. The Hall–Kier alpha value is -2.50. The van der Waals surface area contributed by atoms with E-state index >= 15 is 0 Å². The molecule has 2 rings (SSSR count). The van der Waals surface area contributed by atoms with Crippen molar-refractivity contribution in [2.24, 2.45) is 4.99 Å². The lowest BCUT2D eigenvalue weighted by Gasteiger charge is -2.13. The van der Waals surface area contributed by atoms with Crippen molar-refractivity contribution in [3.05, 3.63) is 47.7 Å². The summed E-state index contributed by atoms with van der Waals surface area (Å²) in [4.78, 5) is 8.48. The van der Waals surface area contributed by atoms with Crippen molar-refractivity contribution >= 4 is 5.96 Å². The van der Waals surface area contributed by atoms with E-state index in [1.54, 1.807) is 13.2 Å². The lowest BCUT2D eigenvalue weighted by atomic mass is 9.94. The third kappa shape index (κ3) is 6.14. The Morgan fingerprint density at radius 3 is 2.52 bits per heavy atom. The Bertz CT molecular complexity index is 684. The van der Waals surface area contributed by atoms with Gasteiger partial charge in [-0.15, -0.1) is 0 Å². The number of hydrogen-bond donors (Lipinski definition) is 2. The summed E-state index contributed by atoms with van der Waals surface area (Å²) in [5.41, 5.74) is 1.18. The van der Waals surface area contributed by atoms with Gasteiger partial charge in [0.2, 0.25) is 5.89 Å². The Balaban J connectivity index is 1.72. The van der Waals surface area contributed by atoms with Crippen LogP contribution >= 0.6 is 0 Å². The predicted molar refractivity (Wildman–Crippen MR) is 100 cm³/mol. The number of rotatable bonds is 6. The second-order valence-corrected chi connectivity index (χ2v) is 6.88. The number of ether oxygens (including phenoxy) is 1. The lowest BCUT2D eigenvalue weighted by molar-refractivity contribution is 0.321. The summed E-state index contributed by atoms with van der Waals surface area (Å²) in [6.07, 6.45) is 1.78. The van der Waals surface area contributed by atoms with Crippen molar-refractivity contribution in [2.45, 2.75) is 39.7 Å². The molecule has 0 fully saturated rings. The standard InChI is InChI=1S/C19H28N4O2/c1-14-6-8-15(9-7-14)24-11-10-21-18(20-5)23-13-17-22-12-16(25-17)19(2,3)4/h6-9,12H,10-11,13H2,1-5H3,(H2,20,21,23). The number of nitrogens with one attached hydrogen (secondary N) is 2. The number of aromatic nitrogens is 1. The second kappa shape index (κ2) is 8.55. The van der Waals surface area contributed by atoms with Crippen molar-refractivity contribution in [2.75, 3.05) is 20.2 Å². The zero-order valence-electron chi connectivity index (χ0n) is 15.7. The van der Waals surface area contributed by atoms with Crippen molar-refractivity contribution in [1.82, 2.24) is 15.6 Å². The first-order valence-electron chi connectivity index (χ1n) is 8.47. The average molecular weight is 344 g/mol. The van der Waals surface area contributed by atoms with Crippen LogP contribution in [-0.4, -0.2) is 31.1 Å². The first-order chi connectivity index (χ1) is 11.9. The molecular formula is C19H28N4O2. The molecule has 25 heavy (non-hydrogen) atoms. The van der Waals surface area contributed by atoms with Gasteiger partial charge in [0.1, 0.15) is 18.1 Å². The van der Waals surface area contributed by atoms with Gasteiger partial charge in [0.25, 0.3) is 0 Å². The largest absolute Gasteiger partial charge is 0.492 e. The van der Waals surface area contributed by atoms with Crippen molar-refractivity contribution in [3.8, 4) is 5.75 Å². The first-order valence-corrected chi connectivity index (χ1v) is 8.47. The van der Waals surface area contributed by atoms with Gasteiger partial charge in [0.05, 0.1) is 19.3 Å². The number of aliphatic imine (C=N–C) groups is 1. The van der Waals surface area contributed by atoms with E-state index in [0.29, 0.717) is 31.5 Å². The molecule has 136 valence electrons. The van der Waals surface area contributed by atoms with Gasteiger partial charge < -0.3 is 19.8 Å². The van der Waals surface area contributed by atoms with E-state index in [1.165, 1.54) is 5.56 Å². The van der Waals surface area contributed by atoms with Crippen molar-refractivity contribution < 1.29 is 9.15 Å². The molecule has 0 bridgehead atoms. The molecule has 1 heterocycles. The van der Waals surface area contributed by atoms with Crippen LogP contribution < -0.4 is 15.4 Å². The quantitative estimate of drug-likeness (QED) is 0.479. The Morgan fingerprint density at radius 1 is 1.20 bits per heavy atom. The van der Waals surface area contributed by atoms with Crippen molar-refractivity contribution in [3.63, 3.8) is 0 Å². The van der Waals surface area contributed by atoms with Crippen LogP contribution in [0.5, 0.6) is 5.75 Å². The molecule has 0 radical (unpaired) electrons. The molecule has 0 saturated carbocycles. The van der Waals surface area contributed by atoms with E-state index in [2.05, 4.69) is 48.3 Å². The van der Waals surface area contributed by atoms with Crippen LogP contribution in [-0.2, 0) is 12.0 Å². The topological polar surface area (TPSA) is 71.7 Å². The van der Waals surface area contributed by atoms with Gasteiger partial charge in [-0.25, -0.2) is 4.98 Å². The molecule has 0 amide bonds. The molecule has 2 aromatic rings. The maximum atomic E-state index is 5.76. The van der Waals surface area contributed by atoms with Crippen LogP contribution in [0.3, 0.4) is 0 Å². The van der Waals surface area contributed by atoms with Crippen LogP contribution in [0.1, 0.15) is 38.0 Å². The molecule has 0 atom stereocenters. The van der Waals surface area contributed by atoms with E-state index in [1.807, 2.05) is 24.3 Å². The average Bonchev–Trinajstić information content (AvgIpc) is 3.05. The highest BCUT2D eigenvalue weighted by Gasteiger charge is 2.19. The van der Waals surface area contributed by atoms with E-state index in [9.17, 15) is 0 Å². The Labute approximate surface area is 149 Å². The molecule has 0 spiro atoms. The molecule has 2 N–H and O–H groups in total. The molecular weight excluding hydrogens is 316 g/mol. The zero-order chi connectivity index (χ0) is 18.3. The van der Waals surface area contributed by atoms with E-state index < -0.39 is 0 Å². The Kier molecular flexibility index (Phi) is 6.44. The number of guanidine groups is 1. The zero-order valence-corrected chi connectivity index (χ0v) is 15.7. The van der Waals surface area contributed by atoms with Crippen LogP contribution in [0.25, 0.3) is 0 Å². The summed E-state index contributed by atoms with van der Waals surface area (Å²) in [7, 11) is 1.73. The number of oxazole rings is 1. The molecule has 0 saturated heterocycles. The molecule has 1 aromatic carbocycles. The molecule has 0 aliphatic heterocycles. The minimum Gasteiger partial charge on any atom is -0.492 e. The number of benzene rings is 1. The van der Waals surface area contributed by atoms with Gasteiger partial charge in [-0.05, 0) is 19.1 Å². The smallest absolute Gasteiger partial charge is 0.213 e. The fourth-order valence-electron chi connectivity index (χ4n) is 2.09. The van der Waals surface area contributed by atoms with E-state index in [4.69, 9.17) is 9.15 Å². The molecule has 0 unspecified atom stereocenters. The van der Waals surface area contributed by atoms with Gasteiger partial charge in [-0.1, -0.05) is 38.5 Å². The van der Waals surface area contributed by atoms with Crippen molar-refractivity contribution in [1.29, 1.82) is 0 Å². The highest BCUT2D eigenvalue weighted by atomic mass is 16.5. The normalized spacial score (nSPS) is 12.1. The third-order valence-electron chi connectivity index (χ3n) is 3.61. The van der Waals surface area contributed by atoms with E-state index in [0.717, 1.165) is 11.5 Å². The lowest BCUT2D eigenvalue weighted by Crippen LogP contribution is -2.38. The minimum absolute atomic E-state index is 0.0432. The summed E-state index contributed by atoms with van der Waals surface area (Å²) >= 11 is 0. The summed E-state index contributed by atoms with van der Waals surface area (Å²) in [5.74, 6) is 3.07. The maximum Gasteiger partial charge on any atom is 0.213 e. The summed E-state index contributed by atoms with van der Waals surface area (Å²) in [6, 6.07) is 8.01. The minimum atomic E-state index is -0.0432. The number of nitrogens with zero attached hydrogens (tertiary/aromatic N) is 2. The Morgan fingerprint density at radius 2 is 1.92 bits per heavy atom. The van der Waals surface area contributed by atoms with Crippen LogP contribution in [0.15, 0.2) is 39.9 Å². The number of aryl methyl sites for hydroxylation is 1.